The molecular weight excluding hydrogens is 271 g/mol. The molecule has 0 saturated carbocycles. The maximum absolute atomic E-state index is 13.7. The van der Waals surface area contributed by atoms with Crippen molar-refractivity contribution in [3.05, 3.63) is 29.6 Å². The van der Waals surface area contributed by atoms with Gasteiger partial charge in [0.05, 0.1) is 7.11 Å². The summed E-state index contributed by atoms with van der Waals surface area (Å²) in [7, 11) is 1.41. The van der Waals surface area contributed by atoms with E-state index in [4.69, 9.17) is 4.74 Å². The molecule has 1 unspecified atom stereocenters. The number of carbonyl (C=O) groups is 1. The average Bonchev–Trinajstić information content (AvgIpc) is 2.52. The molecule has 1 saturated heterocycles. The fourth-order valence-corrected chi connectivity index (χ4v) is 2.66. The Morgan fingerprint density at radius 3 is 3.00 bits per heavy atom. The molecule has 2 rings (SSSR count). The van der Waals surface area contributed by atoms with Crippen LogP contribution in [-0.4, -0.2) is 43.6 Å². The zero-order valence-corrected chi connectivity index (χ0v) is 12.7. The van der Waals surface area contributed by atoms with Crippen molar-refractivity contribution >= 4 is 5.91 Å². The lowest BCUT2D eigenvalue weighted by atomic mass is 10.0. The third kappa shape index (κ3) is 3.94. The lowest BCUT2D eigenvalue weighted by Crippen LogP contribution is -2.48. The van der Waals surface area contributed by atoms with E-state index in [0.29, 0.717) is 18.2 Å². The van der Waals surface area contributed by atoms with E-state index < -0.39 is 5.82 Å². The highest BCUT2D eigenvalue weighted by Crippen LogP contribution is 2.20. The molecular formula is C16H23FN2O2. The van der Waals surface area contributed by atoms with Crippen LogP contribution in [0.4, 0.5) is 4.39 Å². The predicted octanol–water partition coefficient (Wildman–Crippen LogP) is 2.44. The number of piperidine rings is 1. The number of carbonyl (C=O) groups excluding carboxylic acids is 1. The molecule has 1 fully saturated rings. The van der Waals surface area contributed by atoms with Crippen molar-refractivity contribution in [1.29, 1.82) is 0 Å². The summed E-state index contributed by atoms with van der Waals surface area (Å²) in [6.45, 7) is 4.51. The van der Waals surface area contributed by atoms with Gasteiger partial charge in [0.1, 0.15) is 0 Å². The van der Waals surface area contributed by atoms with Crippen LogP contribution < -0.4 is 10.1 Å². The van der Waals surface area contributed by atoms with Crippen LogP contribution in [0.5, 0.6) is 5.75 Å². The summed E-state index contributed by atoms with van der Waals surface area (Å²) in [5.41, 5.74) is 0.379. The highest BCUT2D eigenvalue weighted by atomic mass is 19.1. The molecule has 5 heteroatoms. The molecule has 1 N–H and O–H groups in total. The minimum Gasteiger partial charge on any atom is -0.494 e. The standard InChI is InChI=1S/C16H23FN2O2/c1-3-8-18-13-5-4-9-19(11-13)16(20)12-6-7-15(21-2)14(17)10-12/h6-7,10,13,18H,3-5,8-9,11H2,1-2H3. The Labute approximate surface area is 125 Å². The number of likely N-dealkylation sites (tertiary alicyclic amines) is 1. The van der Waals surface area contributed by atoms with E-state index in [1.54, 1.807) is 11.0 Å². The molecule has 21 heavy (non-hydrogen) atoms. The van der Waals surface area contributed by atoms with Crippen molar-refractivity contribution in [3.63, 3.8) is 0 Å². The van der Waals surface area contributed by atoms with Gasteiger partial charge in [0, 0.05) is 24.7 Å². The van der Waals surface area contributed by atoms with Gasteiger partial charge in [-0.05, 0) is 44.0 Å². The van der Waals surface area contributed by atoms with E-state index in [0.717, 1.165) is 32.4 Å². The van der Waals surface area contributed by atoms with Gasteiger partial charge in [-0.15, -0.1) is 0 Å². The lowest BCUT2D eigenvalue weighted by molar-refractivity contribution is 0.0694. The quantitative estimate of drug-likeness (QED) is 0.907. The van der Waals surface area contributed by atoms with Gasteiger partial charge in [0.25, 0.3) is 5.91 Å². The molecule has 1 aliphatic heterocycles. The third-order valence-corrected chi connectivity index (χ3v) is 3.79. The van der Waals surface area contributed by atoms with Crippen molar-refractivity contribution in [3.8, 4) is 5.75 Å². The van der Waals surface area contributed by atoms with Gasteiger partial charge in [-0.25, -0.2) is 4.39 Å². The molecule has 1 aromatic carbocycles. The number of hydrogen-bond donors (Lipinski definition) is 1. The summed E-state index contributed by atoms with van der Waals surface area (Å²) in [6, 6.07) is 4.71. The molecule has 1 atom stereocenters. The Morgan fingerprint density at radius 2 is 2.33 bits per heavy atom. The van der Waals surface area contributed by atoms with Gasteiger partial charge in [-0.1, -0.05) is 6.92 Å². The molecule has 1 amide bonds. The van der Waals surface area contributed by atoms with Crippen LogP contribution in [0.1, 0.15) is 36.5 Å². The number of ether oxygens (including phenoxy) is 1. The van der Waals surface area contributed by atoms with Gasteiger partial charge >= 0.3 is 0 Å². The van der Waals surface area contributed by atoms with Crippen LogP contribution in [0.2, 0.25) is 0 Å². The molecule has 0 aliphatic carbocycles. The number of nitrogens with zero attached hydrogens (tertiary/aromatic N) is 1. The number of benzene rings is 1. The maximum Gasteiger partial charge on any atom is 0.254 e. The van der Waals surface area contributed by atoms with Crippen molar-refractivity contribution in [2.45, 2.75) is 32.2 Å². The molecule has 0 spiro atoms. The van der Waals surface area contributed by atoms with Crippen LogP contribution in [0, 0.1) is 5.82 Å². The summed E-state index contributed by atoms with van der Waals surface area (Å²) >= 11 is 0. The SMILES string of the molecule is CCCNC1CCCN(C(=O)c2ccc(OC)c(F)c2)C1. The second-order valence-electron chi connectivity index (χ2n) is 5.39. The number of amides is 1. The van der Waals surface area contributed by atoms with Gasteiger partial charge in [0.2, 0.25) is 0 Å². The number of hydrogen-bond acceptors (Lipinski definition) is 3. The van der Waals surface area contributed by atoms with Gasteiger partial charge in [-0.2, -0.15) is 0 Å². The van der Waals surface area contributed by atoms with Crippen LogP contribution in [0.15, 0.2) is 18.2 Å². The molecule has 1 aromatic rings. The zero-order chi connectivity index (χ0) is 15.2. The van der Waals surface area contributed by atoms with Gasteiger partial charge < -0.3 is 15.0 Å². The maximum atomic E-state index is 13.7. The molecule has 0 bridgehead atoms. The van der Waals surface area contributed by atoms with Crippen LogP contribution in [0.25, 0.3) is 0 Å². The van der Waals surface area contributed by atoms with Crippen LogP contribution >= 0.6 is 0 Å². The molecule has 0 aromatic heterocycles. The summed E-state index contributed by atoms with van der Waals surface area (Å²) < 4.78 is 18.6. The molecule has 116 valence electrons. The first-order chi connectivity index (χ1) is 10.2. The predicted molar refractivity (Wildman–Crippen MR) is 80.2 cm³/mol. The normalized spacial score (nSPS) is 18.6. The Hall–Kier alpha value is -1.62. The average molecular weight is 294 g/mol. The van der Waals surface area contributed by atoms with E-state index in [1.165, 1.54) is 19.2 Å². The molecule has 4 nitrogen and oxygen atoms in total. The first kappa shape index (κ1) is 15.8. The molecule has 1 heterocycles. The largest absolute Gasteiger partial charge is 0.494 e. The summed E-state index contributed by atoms with van der Waals surface area (Å²) in [6.07, 6.45) is 3.14. The van der Waals surface area contributed by atoms with E-state index in [1.807, 2.05) is 0 Å². The Balaban J connectivity index is 2.03. The number of halogens is 1. The van der Waals surface area contributed by atoms with Crippen LogP contribution in [0.3, 0.4) is 0 Å². The number of methoxy groups -OCH3 is 1. The van der Waals surface area contributed by atoms with E-state index >= 15 is 0 Å². The van der Waals surface area contributed by atoms with E-state index in [2.05, 4.69) is 12.2 Å². The second kappa shape index (κ2) is 7.41. The Bertz CT molecular complexity index is 493. The van der Waals surface area contributed by atoms with Crippen molar-refractivity contribution in [2.75, 3.05) is 26.7 Å². The summed E-state index contributed by atoms with van der Waals surface area (Å²) in [4.78, 5) is 14.3. The zero-order valence-electron chi connectivity index (χ0n) is 12.7. The lowest BCUT2D eigenvalue weighted by Gasteiger charge is -2.33. The number of nitrogens with one attached hydrogen (secondary N) is 1. The minimum atomic E-state index is -0.499. The Morgan fingerprint density at radius 1 is 1.52 bits per heavy atom. The summed E-state index contributed by atoms with van der Waals surface area (Å²) in [5, 5.41) is 3.45. The third-order valence-electron chi connectivity index (χ3n) is 3.79. The smallest absolute Gasteiger partial charge is 0.254 e. The topological polar surface area (TPSA) is 41.6 Å². The molecule has 1 aliphatic rings. The summed E-state index contributed by atoms with van der Waals surface area (Å²) in [5.74, 6) is -0.451. The van der Waals surface area contributed by atoms with Crippen LogP contribution in [-0.2, 0) is 0 Å². The monoisotopic (exact) mass is 294 g/mol. The van der Waals surface area contributed by atoms with Crippen molar-refractivity contribution < 1.29 is 13.9 Å². The highest BCUT2D eigenvalue weighted by Gasteiger charge is 2.24. The van der Waals surface area contributed by atoms with Crippen molar-refractivity contribution in [2.24, 2.45) is 0 Å². The van der Waals surface area contributed by atoms with Gasteiger partial charge in [-0.3, -0.25) is 4.79 Å². The minimum absolute atomic E-state index is 0.112. The fraction of sp³-hybridized carbons (Fsp3) is 0.562. The number of rotatable bonds is 5. The fourth-order valence-electron chi connectivity index (χ4n) is 2.66. The van der Waals surface area contributed by atoms with E-state index in [-0.39, 0.29) is 11.7 Å². The van der Waals surface area contributed by atoms with E-state index in [9.17, 15) is 9.18 Å². The first-order valence-electron chi connectivity index (χ1n) is 7.52. The Kier molecular flexibility index (Phi) is 5.56. The van der Waals surface area contributed by atoms with Gasteiger partial charge in [0.15, 0.2) is 11.6 Å². The first-order valence-corrected chi connectivity index (χ1v) is 7.52. The second-order valence-corrected chi connectivity index (χ2v) is 5.39. The molecule has 0 radical (unpaired) electrons. The highest BCUT2D eigenvalue weighted by molar-refractivity contribution is 5.94. The van der Waals surface area contributed by atoms with Crippen molar-refractivity contribution in [1.82, 2.24) is 10.2 Å².